The quantitative estimate of drug-likeness (QED) is 0.478. The molecule has 2 rings (SSSR count). The molecule has 0 aliphatic carbocycles. The number of nitro benzene ring substituents is 1. The number of halogens is 1. The van der Waals surface area contributed by atoms with Crippen molar-refractivity contribution in [2.75, 3.05) is 12.3 Å². The third-order valence-electron chi connectivity index (χ3n) is 3.09. The van der Waals surface area contributed by atoms with E-state index in [-0.39, 0.29) is 17.4 Å². The van der Waals surface area contributed by atoms with E-state index in [4.69, 9.17) is 0 Å². The minimum absolute atomic E-state index is 0.0537. The van der Waals surface area contributed by atoms with Crippen molar-refractivity contribution < 1.29 is 14.1 Å². The van der Waals surface area contributed by atoms with Crippen LogP contribution < -0.4 is 5.32 Å². The van der Waals surface area contributed by atoms with Crippen LogP contribution in [0, 0.1) is 15.9 Å². The number of nitrogens with one attached hydrogen (secondary N) is 1. The predicted molar refractivity (Wildman–Crippen MR) is 88.0 cm³/mol. The van der Waals surface area contributed by atoms with Crippen LogP contribution in [0.3, 0.4) is 0 Å². The molecule has 0 unspecified atom stereocenters. The van der Waals surface area contributed by atoms with E-state index in [9.17, 15) is 19.3 Å². The van der Waals surface area contributed by atoms with Gasteiger partial charge in [-0.3, -0.25) is 14.9 Å². The van der Waals surface area contributed by atoms with Crippen LogP contribution in [-0.2, 0) is 5.75 Å². The van der Waals surface area contributed by atoms with E-state index in [2.05, 4.69) is 5.32 Å². The van der Waals surface area contributed by atoms with Crippen molar-refractivity contribution in [2.45, 2.75) is 5.75 Å². The summed E-state index contributed by atoms with van der Waals surface area (Å²) in [6.07, 6.45) is 0. The lowest BCUT2D eigenvalue weighted by molar-refractivity contribution is -0.384. The summed E-state index contributed by atoms with van der Waals surface area (Å²) in [5, 5.41) is 13.3. The van der Waals surface area contributed by atoms with Gasteiger partial charge in [-0.2, -0.15) is 11.8 Å². The van der Waals surface area contributed by atoms with Crippen LogP contribution in [0.4, 0.5) is 10.1 Å². The van der Waals surface area contributed by atoms with Crippen molar-refractivity contribution in [3.8, 4) is 0 Å². The number of hydrogen-bond donors (Lipinski definition) is 1. The van der Waals surface area contributed by atoms with Gasteiger partial charge >= 0.3 is 0 Å². The summed E-state index contributed by atoms with van der Waals surface area (Å²) in [7, 11) is 0. The van der Waals surface area contributed by atoms with Gasteiger partial charge in [0, 0.05) is 35.7 Å². The van der Waals surface area contributed by atoms with Gasteiger partial charge in [0.15, 0.2) is 0 Å². The minimum atomic E-state index is -0.513. The molecule has 0 bridgehead atoms. The molecule has 0 aliphatic heterocycles. The number of carbonyl (C=O) groups excluding carboxylic acids is 1. The van der Waals surface area contributed by atoms with Gasteiger partial charge in [0.1, 0.15) is 5.82 Å². The highest BCUT2D eigenvalue weighted by atomic mass is 32.2. The van der Waals surface area contributed by atoms with Gasteiger partial charge in [0.2, 0.25) is 0 Å². The highest BCUT2D eigenvalue weighted by molar-refractivity contribution is 7.98. The number of thioether (sulfide) groups is 1. The molecule has 0 heterocycles. The summed E-state index contributed by atoms with van der Waals surface area (Å²) in [5.41, 5.74) is 0.955. The summed E-state index contributed by atoms with van der Waals surface area (Å²) in [6, 6.07) is 12.0. The first-order chi connectivity index (χ1) is 11.1. The highest BCUT2D eigenvalue weighted by Crippen LogP contribution is 2.15. The van der Waals surface area contributed by atoms with Crippen molar-refractivity contribution in [2.24, 2.45) is 0 Å². The molecule has 0 fully saturated rings. The molecule has 2 aromatic carbocycles. The zero-order chi connectivity index (χ0) is 16.7. The Hall–Kier alpha value is -2.41. The Kier molecular flexibility index (Phi) is 6.10. The lowest BCUT2D eigenvalue weighted by atomic mass is 10.2. The van der Waals surface area contributed by atoms with Gasteiger partial charge in [-0.05, 0) is 23.8 Å². The molecule has 0 radical (unpaired) electrons. The number of carbonyl (C=O) groups is 1. The standard InChI is InChI=1S/C16H15FN2O3S/c17-15-4-2-1-3-13(15)11-23-10-9-18-16(20)12-5-7-14(8-6-12)19(21)22/h1-8H,9-11H2,(H,18,20). The fourth-order valence-electron chi connectivity index (χ4n) is 1.87. The van der Waals surface area contributed by atoms with Crippen LogP contribution in [0.15, 0.2) is 48.5 Å². The molecule has 0 aromatic heterocycles. The number of rotatable bonds is 7. The third kappa shape index (κ3) is 5.07. The number of nitro groups is 1. The maximum absolute atomic E-state index is 13.4. The summed E-state index contributed by atoms with van der Waals surface area (Å²) >= 11 is 1.52. The number of nitrogens with zero attached hydrogens (tertiary/aromatic N) is 1. The van der Waals surface area contributed by atoms with Crippen molar-refractivity contribution >= 4 is 23.4 Å². The smallest absolute Gasteiger partial charge is 0.269 e. The highest BCUT2D eigenvalue weighted by Gasteiger charge is 2.09. The molecule has 7 heteroatoms. The maximum Gasteiger partial charge on any atom is 0.269 e. The fourth-order valence-corrected chi connectivity index (χ4v) is 2.72. The second-order valence-corrected chi connectivity index (χ2v) is 5.81. The molecule has 23 heavy (non-hydrogen) atoms. The van der Waals surface area contributed by atoms with E-state index in [1.165, 1.54) is 42.1 Å². The van der Waals surface area contributed by atoms with E-state index in [0.717, 1.165) is 0 Å². The third-order valence-corrected chi connectivity index (χ3v) is 4.10. The molecule has 0 aliphatic rings. The van der Waals surface area contributed by atoms with E-state index >= 15 is 0 Å². The Bertz CT molecular complexity index is 692. The average Bonchev–Trinajstić information content (AvgIpc) is 2.56. The normalized spacial score (nSPS) is 10.3. The van der Waals surface area contributed by atoms with Crippen molar-refractivity contribution in [3.05, 3.63) is 75.6 Å². The minimum Gasteiger partial charge on any atom is -0.351 e. The molecule has 0 saturated carbocycles. The van der Waals surface area contributed by atoms with E-state index in [1.807, 2.05) is 0 Å². The van der Waals surface area contributed by atoms with Crippen LogP contribution in [0.5, 0.6) is 0 Å². The van der Waals surface area contributed by atoms with Crippen molar-refractivity contribution in [1.29, 1.82) is 0 Å². The Morgan fingerprint density at radius 1 is 1.17 bits per heavy atom. The Morgan fingerprint density at radius 3 is 2.52 bits per heavy atom. The van der Waals surface area contributed by atoms with Crippen LogP contribution in [0.2, 0.25) is 0 Å². The fraction of sp³-hybridized carbons (Fsp3) is 0.188. The average molecular weight is 334 g/mol. The van der Waals surface area contributed by atoms with Crippen LogP contribution in [-0.4, -0.2) is 23.1 Å². The van der Waals surface area contributed by atoms with E-state index < -0.39 is 4.92 Å². The first-order valence-electron chi connectivity index (χ1n) is 6.92. The van der Waals surface area contributed by atoms with Crippen LogP contribution in [0.1, 0.15) is 15.9 Å². The summed E-state index contributed by atoms with van der Waals surface area (Å²) < 4.78 is 13.4. The molecular formula is C16H15FN2O3S. The monoisotopic (exact) mass is 334 g/mol. The maximum atomic E-state index is 13.4. The van der Waals surface area contributed by atoms with Gasteiger partial charge in [0.25, 0.3) is 11.6 Å². The number of benzene rings is 2. The molecule has 120 valence electrons. The first-order valence-corrected chi connectivity index (χ1v) is 8.07. The van der Waals surface area contributed by atoms with Crippen molar-refractivity contribution in [1.82, 2.24) is 5.32 Å². The van der Waals surface area contributed by atoms with Gasteiger partial charge in [-0.15, -0.1) is 0 Å². The predicted octanol–water partition coefficient (Wildman–Crippen LogP) is 3.40. The summed E-state index contributed by atoms with van der Waals surface area (Å²) in [5.74, 6) is 0.675. The van der Waals surface area contributed by atoms with Gasteiger partial charge < -0.3 is 5.32 Å². The zero-order valence-corrected chi connectivity index (χ0v) is 13.0. The second kappa shape index (κ2) is 8.28. The van der Waals surface area contributed by atoms with Gasteiger partial charge in [-0.25, -0.2) is 4.39 Å². The summed E-state index contributed by atoms with van der Waals surface area (Å²) in [4.78, 5) is 21.9. The van der Waals surface area contributed by atoms with Crippen LogP contribution in [0.25, 0.3) is 0 Å². The number of non-ortho nitro benzene ring substituents is 1. The molecule has 1 N–H and O–H groups in total. The number of hydrogen-bond acceptors (Lipinski definition) is 4. The number of amides is 1. The van der Waals surface area contributed by atoms with Crippen LogP contribution >= 0.6 is 11.8 Å². The van der Waals surface area contributed by atoms with Gasteiger partial charge in [0.05, 0.1) is 4.92 Å². The van der Waals surface area contributed by atoms with E-state index in [0.29, 0.717) is 29.2 Å². The Labute approximate surface area is 137 Å². The lowest BCUT2D eigenvalue weighted by Gasteiger charge is -2.06. The Morgan fingerprint density at radius 2 is 1.87 bits per heavy atom. The molecule has 0 spiro atoms. The largest absolute Gasteiger partial charge is 0.351 e. The SMILES string of the molecule is O=C(NCCSCc1ccccc1F)c1ccc([N+](=O)[O-])cc1. The molecule has 2 aromatic rings. The molecule has 0 saturated heterocycles. The molecule has 1 amide bonds. The van der Waals surface area contributed by atoms with Gasteiger partial charge in [-0.1, -0.05) is 18.2 Å². The molecular weight excluding hydrogens is 319 g/mol. The first kappa shape index (κ1) is 17.0. The Balaban J connectivity index is 1.72. The zero-order valence-electron chi connectivity index (χ0n) is 12.2. The topological polar surface area (TPSA) is 72.2 Å². The van der Waals surface area contributed by atoms with E-state index in [1.54, 1.807) is 18.2 Å². The molecule has 5 nitrogen and oxygen atoms in total. The molecule has 0 atom stereocenters. The van der Waals surface area contributed by atoms with Crippen molar-refractivity contribution in [3.63, 3.8) is 0 Å². The summed E-state index contributed by atoms with van der Waals surface area (Å²) in [6.45, 7) is 0.439. The second-order valence-electron chi connectivity index (χ2n) is 4.70. The lowest BCUT2D eigenvalue weighted by Crippen LogP contribution is -2.25.